The first-order valence-corrected chi connectivity index (χ1v) is 7.01. The number of likely N-dealkylation sites (N-methyl/N-ethyl adjacent to an activating group) is 1. The molecule has 0 aromatic heterocycles. The fraction of sp³-hybridized carbons (Fsp3) is 1.00. The van der Waals surface area contributed by atoms with E-state index in [4.69, 9.17) is 0 Å². The largest absolute Gasteiger partial charge is 0.312 e. The summed E-state index contributed by atoms with van der Waals surface area (Å²) in [5, 5.41) is 3.73. The Morgan fingerprint density at radius 1 is 1.25 bits per heavy atom. The van der Waals surface area contributed by atoms with Gasteiger partial charge in [-0.25, -0.2) is 0 Å². The molecule has 2 heteroatoms. The van der Waals surface area contributed by atoms with E-state index >= 15 is 0 Å². The van der Waals surface area contributed by atoms with Crippen molar-refractivity contribution in [3.8, 4) is 0 Å². The minimum atomic E-state index is 0.776. The molecular formula is C14H30N2. The normalized spacial score (nSPS) is 26.6. The minimum absolute atomic E-state index is 0.776. The zero-order valence-corrected chi connectivity index (χ0v) is 11.6. The molecule has 1 aliphatic carbocycles. The molecule has 1 rings (SSSR count). The van der Waals surface area contributed by atoms with Crippen LogP contribution in [0.15, 0.2) is 0 Å². The van der Waals surface area contributed by atoms with Crippen LogP contribution >= 0.6 is 0 Å². The molecule has 2 nitrogen and oxygen atoms in total. The molecule has 0 aromatic carbocycles. The van der Waals surface area contributed by atoms with Crippen LogP contribution in [0.2, 0.25) is 0 Å². The standard InChI is InChI=1S/C14H30N2/c1-12(2)11-16(4)10-9-15-14-8-6-5-7-13(14)3/h12-15H,5-11H2,1-4H3. The Morgan fingerprint density at radius 3 is 2.56 bits per heavy atom. The summed E-state index contributed by atoms with van der Waals surface area (Å²) in [6, 6.07) is 0.779. The van der Waals surface area contributed by atoms with Crippen LogP contribution < -0.4 is 5.32 Å². The van der Waals surface area contributed by atoms with Crippen molar-refractivity contribution in [2.45, 2.75) is 52.5 Å². The van der Waals surface area contributed by atoms with Crippen LogP contribution in [0.1, 0.15) is 46.5 Å². The van der Waals surface area contributed by atoms with Gasteiger partial charge in [0.2, 0.25) is 0 Å². The Bertz CT molecular complexity index is 180. The van der Waals surface area contributed by atoms with Crippen LogP contribution in [0.3, 0.4) is 0 Å². The van der Waals surface area contributed by atoms with Gasteiger partial charge in [-0.3, -0.25) is 0 Å². The maximum Gasteiger partial charge on any atom is 0.0104 e. The number of hydrogen-bond donors (Lipinski definition) is 1. The molecule has 0 saturated heterocycles. The van der Waals surface area contributed by atoms with Crippen molar-refractivity contribution in [1.82, 2.24) is 10.2 Å². The number of hydrogen-bond acceptors (Lipinski definition) is 2. The van der Waals surface area contributed by atoms with Crippen LogP contribution in [-0.4, -0.2) is 37.6 Å². The summed E-state index contributed by atoms with van der Waals surface area (Å²) in [5.74, 6) is 1.66. The van der Waals surface area contributed by atoms with E-state index < -0.39 is 0 Å². The van der Waals surface area contributed by atoms with Gasteiger partial charge in [-0.15, -0.1) is 0 Å². The van der Waals surface area contributed by atoms with E-state index in [0.29, 0.717) is 0 Å². The van der Waals surface area contributed by atoms with Gasteiger partial charge in [-0.1, -0.05) is 33.6 Å². The van der Waals surface area contributed by atoms with E-state index in [9.17, 15) is 0 Å². The van der Waals surface area contributed by atoms with Gasteiger partial charge in [-0.05, 0) is 31.7 Å². The summed E-state index contributed by atoms with van der Waals surface area (Å²) < 4.78 is 0. The summed E-state index contributed by atoms with van der Waals surface area (Å²) in [5.41, 5.74) is 0. The molecule has 0 radical (unpaired) electrons. The van der Waals surface area contributed by atoms with Crippen LogP contribution in [0.25, 0.3) is 0 Å². The first-order chi connectivity index (χ1) is 7.59. The molecule has 0 heterocycles. The molecule has 1 saturated carbocycles. The molecule has 0 amide bonds. The first-order valence-electron chi connectivity index (χ1n) is 7.01. The predicted molar refractivity (Wildman–Crippen MR) is 71.8 cm³/mol. The Morgan fingerprint density at radius 2 is 1.94 bits per heavy atom. The SMILES string of the molecule is CC(C)CN(C)CCNC1CCCCC1C. The molecule has 1 N–H and O–H groups in total. The smallest absolute Gasteiger partial charge is 0.0104 e. The molecule has 0 bridgehead atoms. The van der Waals surface area contributed by atoms with Crippen LogP contribution in [0, 0.1) is 11.8 Å². The Balaban J connectivity index is 2.09. The second-order valence-corrected chi connectivity index (χ2v) is 5.98. The summed E-state index contributed by atoms with van der Waals surface area (Å²) in [7, 11) is 2.23. The maximum absolute atomic E-state index is 3.73. The van der Waals surface area contributed by atoms with Crippen LogP contribution in [-0.2, 0) is 0 Å². The Labute approximate surface area is 102 Å². The summed E-state index contributed by atoms with van der Waals surface area (Å²) in [4.78, 5) is 2.44. The van der Waals surface area contributed by atoms with Gasteiger partial charge in [0.25, 0.3) is 0 Å². The van der Waals surface area contributed by atoms with Gasteiger partial charge in [0.05, 0.1) is 0 Å². The van der Waals surface area contributed by atoms with E-state index in [1.54, 1.807) is 0 Å². The second kappa shape index (κ2) is 7.29. The highest BCUT2D eigenvalue weighted by Gasteiger charge is 2.20. The molecule has 2 unspecified atom stereocenters. The first kappa shape index (κ1) is 14.0. The molecule has 96 valence electrons. The average Bonchev–Trinajstić information content (AvgIpc) is 2.19. The Kier molecular flexibility index (Phi) is 6.37. The quantitative estimate of drug-likeness (QED) is 0.749. The third-order valence-electron chi connectivity index (χ3n) is 3.69. The number of nitrogens with zero attached hydrogens (tertiary/aromatic N) is 1. The molecule has 16 heavy (non-hydrogen) atoms. The predicted octanol–water partition coefficient (Wildman–Crippen LogP) is 2.74. The molecular weight excluding hydrogens is 196 g/mol. The third kappa shape index (κ3) is 5.31. The van der Waals surface area contributed by atoms with Gasteiger partial charge < -0.3 is 10.2 Å². The minimum Gasteiger partial charge on any atom is -0.312 e. The maximum atomic E-state index is 3.73. The molecule has 2 atom stereocenters. The molecule has 0 aliphatic heterocycles. The van der Waals surface area contributed by atoms with Gasteiger partial charge in [0, 0.05) is 25.7 Å². The Hall–Kier alpha value is -0.0800. The van der Waals surface area contributed by atoms with Crippen LogP contribution in [0.5, 0.6) is 0 Å². The lowest BCUT2D eigenvalue weighted by molar-refractivity contribution is 0.251. The summed E-state index contributed by atoms with van der Waals surface area (Å²) >= 11 is 0. The lowest BCUT2D eigenvalue weighted by atomic mass is 9.86. The van der Waals surface area contributed by atoms with Crippen molar-refractivity contribution in [2.24, 2.45) is 11.8 Å². The van der Waals surface area contributed by atoms with E-state index in [1.165, 1.54) is 38.8 Å². The van der Waals surface area contributed by atoms with E-state index in [-0.39, 0.29) is 0 Å². The topological polar surface area (TPSA) is 15.3 Å². The lowest BCUT2D eigenvalue weighted by Crippen LogP contribution is -2.41. The molecule has 1 fully saturated rings. The van der Waals surface area contributed by atoms with Crippen molar-refractivity contribution < 1.29 is 0 Å². The zero-order chi connectivity index (χ0) is 12.0. The molecule has 0 spiro atoms. The van der Waals surface area contributed by atoms with Gasteiger partial charge in [0.1, 0.15) is 0 Å². The summed E-state index contributed by atoms with van der Waals surface area (Å²) in [6.45, 7) is 10.5. The van der Waals surface area contributed by atoms with Crippen molar-refractivity contribution in [3.05, 3.63) is 0 Å². The number of rotatable bonds is 6. The van der Waals surface area contributed by atoms with Crippen molar-refractivity contribution >= 4 is 0 Å². The fourth-order valence-electron chi connectivity index (χ4n) is 2.77. The van der Waals surface area contributed by atoms with Crippen molar-refractivity contribution in [1.29, 1.82) is 0 Å². The van der Waals surface area contributed by atoms with E-state index in [0.717, 1.165) is 24.4 Å². The van der Waals surface area contributed by atoms with E-state index in [2.05, 4.69) is 38.0 Å². The number of nitrogens with one attached hydrogen (secondary N) is 1. The van der Waals surface area contributed by atoms with Crippen molar-refractivity contribution in [2.75, 3.05) is 26.7 Å². The van der Waals surface area contributed by atoms with Gasteiger partial charge >= 0.3 is 0 Å². The fourth-order valence-corrected chi connectivity index (χ4v) is 2.77. The highest BCUT2D eigenvalue weighted by atomic mass is 15.1. The van der Waals surface area contributed by atoms with E-state index in [1.807, 2.05) is 0 Å². The summed E-state index contributed by atoms with van der Waals surface area (Å²) in [6.07, 6.45) is 5.66. The van der Waals surface area contributed by atoms with Gasteiger partial charge in [0.15, 0.2) is 0 Å². The lowest BCUT2D eigenvalue weighted by Gasteiger charge is -2.30. The highest BCUT2D eigenvalue weighted by Crippen LogP contribution is 2.23. The monoisotopic (exact) mass is 226 g/mol. The van der Waals surface area contributed by atoms with Crippen LogP contribution in [0.4, 0.5) is 0 Å². The molecule has 0 aromatic rings. The highest BCUT2D eigenvalue weighted by molar-refractivity contribution is 4.78. The van der Waals surface area contributed by atoms with Crippen molar-refractivity contribution in [3.63, 3.8) is 0 Å². The average molecular weight is 226 g/mol. The second-order valence-electron chi connectivity index (χ2n) is 5.98. The third-order valence-corrected chi connectivity index (χ3v) is 3.69. The zero-order valence-electron chi connectivity index (χ0n) is 11.6. The molecule has 1 aliphatic rings. The van der Waals surface area contributed by atoms with Gasteiger partial charge in [-0.2, -0.15) is 0 Å².